The van der Waals surface area contributed by atoms with Crippen LogP contribution in [-0.4, -0.2) is 86.9 Å². The summed E-state index contributed by atoms with van der Waals surface area (Å²) in [7, 11) is 1.66. The van der Waals surface area contributed by atoms with E-state index >= 15 is 0 Å². The van der Waals surface area contributed by atoms with Gasteiger partial charge in [0.2, 0.25) is 5.91 Å². The maximum Gasteiger partial charge on any atom is 0.263 e. The summed E-state index contributed by atoms with van der Waals surface area (Å²) in [6, 6.07) is 8.00. The Morgan fingerprint density at radius 1 is 1.20 bits per heavy atom. The number of halogens is 1. The van der Waals surface area contributed by atoms with E-state index < -0.39 is 11.5 Å². The van der Waals surface area contributed by atoms with Crippen molar-refractivity contribution in [2.45, 2.75) is 25.9 Å². The monoisotopic (exact) mass is 567 g/mol. The molecule has 1 aromatic carbocycles. The lowest BCUT2D eigenvalue weighted by Crippen LogP contribution is -2.39. The number of pyridine rings is 1. The number of nitrogens with one attached hydrogen (secondary N) is 1. The molecule has 0 spiro atoms. The lowest BCUT2D eigenvalue weighted by Gasteiger charge is -2.22. The number of likely N-dealkylation sites (tertiary alicyclic amines) is 1. The summed E-state index contributed by atoms with van der Waals surface area (Å²) < 4.78 is 8.84. The number of aryl methyl sites for hydroxylation is 1. The summed E-state index contributed by atoms with van der Waals surface area (Å²) in [4.78, 5) is 55.0. The van der Waals surface area contributed by atoms with Crippen LogP contribution in [0.25, 0.3) is 0 Å². The fourth-order valence-corrected chi connectivity index (χ4v) is 5.28. The second kappa shape index (κ2) is 11.5. The molecule has 3 amide bonds. The first-order chi connectivity index (χ1) is 19.2. The van der Waals surface area contributed by atoms with Gasteiger partial charge in [-0.2, -0.15) is 0 Å². The van der Waals surface area contributed by atoms with Crippen LogP contribution >= 0.6 is 11.6 Å². The Balaban J connectivity index is 1.38. The molecule has 4 bridgehead atoms. The predicted molar refractivity (Wildman–Crippen MR) is 145 cm³/mol. The molecular weight excluding hydrogens is 538 g/mol. The molecule has 12 nitrogen and oxygen atoms in total. The molecular formula is C27H30ClN7O5. The van der Waals surface area contributed by atoms with Crippen molar-refractivity contribution in [3.05, 3.63) is 74.9 Å². The third-order valence-electron chi connectivity index (χ3n) is 7.34. The van der Waals surface area contributed by atoms with Gasteiger partial charge in [-0.25, -0.2) is 4.68 Å². The van der Waals surface area contributed by atoms with E-state index in [9.17, 15) is 19.2 Å². The highest BCUT2D eigenvalue weighted by molar-refractivity contribution is 6.30. The van der Waals surface area contributed by atoms with Crippen LogP contribution in [0.3, 0.4) is 0 Å². The van der Waals surface area contributed by atoms with E-state index in [2.05, 4.69) is 15.6 Å². The van der Waals surface area contributed by atoms with Crippen molar-refractivity contribution in [3.8, 4) is 5.75 Å². The van der Waals surface area contributed by atoms with Gasteiger partial charge in [-0.15, -0.1) is 5.10 Å². The Hall–Kier alpha value is -4.19. The van der Waals surface area contributed by atoms with Crippen molar-refractivity contribution in [3.63, 3.8) is 0 Å². The summed E-state index contributed by atoms with van der Waals surface area (Å²) in [5, 5.41) is 11.8. The third kappa shape index (κ3) is 5.86. The SMILES string of the molecule is Cc1cc(Cl)ccc1OCC(=O)N1C[C@@H]2CC(=O)N(C)CCNC(=O)c3cccn(c3=O)Cc3cn(nn3)[C@@H]2C1. The first-order valence-electron chi connectivity index (χ1n) is 13.0. The quantitative estimate of drug-likeness (QED) is 0.502. The number of carbonyl (C=O) groups is 3. The van der Waals surface area contributed by atoms with Crippen molar-refractivity contribution in [1.29, 1.82) is 0 Å². The maximum absolute atomic E-state index is 13.2. The predicted octanol–water partition coefficient (Wildman–Crippen LogP) is 1.12. The second-order valence-corrected chi connectivity index (χ2v) is 10.6. The molecule has 3 aromatic rings. The van der Waals surface area contributed by atoms with Crippen molar-refractivity contribution < 1.29 is 19.1 Å². The number of hydrogen-bond acceptors (Lipinski definition) is 7. The first kappa shape index (κ1) is 27.4. The van der Waals surface area contributed by atoms with Crippen LogP contribution in [0.4, 0.5) is 0 Å². The number of benzene rings is 1. The molecule has 210 valence electrons. The van der Waals surface area contributed by atoms with Crippen LogP contribution in [0.1, 0.15) is 34.1 Å². The Labute approximate surface area is 235 Å². The first-order valence-corrected chi connectivity index (χ1v) is 13.4. The van der Waals surface area contributed by atoms with Gasteiger partial charge >= 0.3 is 0 Å². The van der Waals surface area contributed by atoms with Crippen molar-refractivity contribution in [2.75, 3.05) is 39.8 Å². The topological polar surface area (TPSA) is 132 Å². The molecule has 40 heavy (non-hydrogen) atoms. The van der Waals surface area contributed by atoms with Crippen LogP contribution in [-0.2, 0) is 16.1 Å². The lowest BCUT2D eigenvalue weighted by atomic mass is 9.99. The molecule has 1 N–H and O–H groups in total. The molecule has 5 rings (SSSR count). The molecule has 2 atom stereocenters. The number of rotatable bonds is 3. The molecule has 0 saturated carbocycles. The Kier molecular flexibility index (Phi) is 7.88. The largest absolute Gasteiger partial charge is 0.483 e. The van der Waals surface area contributed by atoms with Crippen LogP contribution in [0, 0.1) is 12.8 Å². The number of likely N-dealkylation sites (N-methyl/N-ethyl adjacent to an activating group) is 1. The highest BCUT2D eigenvalue weighted by Gasteiger charge is 2.39. The lowest BCUT2D eigenvalue weighted by molar-refractivity contribution is -0.133. The zero-order valence-electron chi connectivity index (χ0n) is 22.2. The van der Waals surface area contributed by atoms with E-state index in [0.717, 1.165) is 5.56 Å². The van der Waals surface area contributed by atoms with Crippen LogP contribution < -0.4 is 15.6 Å². The van der Waals surface area contributed by atoms with Crippen molar-refractivity contribution in [1.82, 2.24) is 34.7 Å². The standard InChI is InChI=1S/C27H30ClN7O5/c1-17-10-19(28)5-6-23(17)40-16-25(37)34-12-18-11-24(36)32(2)9-7-29-26(38)21-4-3-8-33(27(21)39)13-20-14-35(31-30-20)22(18)15-34/h3-6,8,10,14,18,22H,7,9,11-13,15-16H2,1-2H3,(H,29,38)/t18-,22+/m0/s1. The van der Waals surface area contributed by atoms with Gasteiger partial charge in [0.15, 0.2) is 6.61 Å². The van der Waals surface area contributed by atoms with E-state index in [1.54, 1.807) is 53.3 Å². The molecule has 1 fully saturated rings. The van der Waals surface area contributed by atoms with Gasteiger partial charge in [-0.3, -0.25) is 19.2 Å². The number of amides is 3. The van der Waals surface area contributed by atoms with Gasteiger partial charge in [0.1, 0.15) is 17.0 Å². The smallest absolute Gasteiger partial charge is 0.263 e. The minimum Gasteiger partial charge on any atom is -0.483 e. The van der Waals surface area contributed by atoms with E-state index in [1.807, 2.05) is 6.92 Å². The number of fused-ring (bicyclic) bond motifs is 6. The highest BCUT2D eigenvalue weighted by atomic mass is 35.5. The minimum atomic E-state index is -0.503. The van der Waals surface area contributed by atoms with Crippen molar-refractivity contribution in [2.24, 2.45) is 5.92 Å². The molecule has 0 unspecified atom stereocenters. The van der Waals surface area contributed by atoms with Gasteiger partial charge in [-0.05, 0) is 42.8 Å². The fraction of sp³-hybridized carbons (Fsp3) is 0.407. The zero-order valence-corrected chi connectivity index (χ0v) is 23.0. The molecule has 2 aliphatic heterocycles. The Morgan fingerprint density at radius 2 is 2.02 bits per heavy atom. The normalized spacial score (nSPS) is 19.8. The number of nitrogens with zero attached hydrogens (tertiary/aromatic N) is 6. The summed E-state index contributed by atoms with van der Waals surface area (Å²) in [5.74, 6) is -0.483. The number of aromatic nitrogens is 4. The number of carbonyl (C=O) groups excluding carboxylic acids is 3. The van der Waals surface area contributed by atoms with E-state index in [-0.39, 0.29) is 62.0 Å². The van der Waals surface area contributed by atoms with Gasteiger partial charge < -0.3 is 24.4 Å². The summed E-state index contributed by atoms with van der Waals surface area (Å²) in [5.41, 5.74) is 0.904. The summed E-state index contributed by atoms with van der Waals surface area (Å²) in [6.07, 6.45) is 3.50. The molecule has 1 saturated heterocycles. The van der Waals surface area contributed by atoms with Gasteiger partial charge in [0.05, 0.1) is 18.8 Å². The van der Waals surface area contributed by atoms with Crippen molar-refractivity contribution >= 4 is 29.3 Å². The van der Waals surface area contributed by atoms with Gasteiger partial charge in [0.25, 0.3) is 17.4 Å². The van der Waals surface area contributed by atoms with Crippen LogP contribution in [0.5, 0.6) is 5.75 Å². The zero-order chi connectivity index (χ0) is 28.4. The average Bonchev–Trinajstić information content (AvgIpc) is 3.55. The highest BCUT2D eigenvalue weighted by Crippen LogP contribution is 2.31. The maximum atomic E-state index is 13.2. The fourth-order valence-electron chi connectivity index (χ4n) is 5.06. The molecule has 2 aliphatic rings. The summed E-state index contributed by atoms with van der Waals surface area (Å²) >= 11 is 6.02. The van der Waals surface area contributed by atoms with E-state index in [4.69, 9.17) is 16.3 Å². The van der Waals surface area contributed by atoms with Gasteiger partial charge in [-0.1, -0.05) is 16.8 Å². The average molecular weight is 568 g/mol. The van der Waals surface area contributed by atoms with Crippen LogP contribution in [0.15, 0.2) is 47.5 Å². The van der Waals surface area contributed by atoms with Crippen LogP contribution in [0.2, 0.25) is 5.02 Å². The Morgan fingerprint density at radius 3 is 2.83 bits per heavy atom. The van der Waals surface area contributed by atoms with Gasteiger partial charge in [0, 0.05) is 56.8 Å². The van der Waals surface area contributed by atoms with E-state index in [0.29, 0.717) is 29.6 Å². The Bertz CT molecular complexity index is 1500. The molecule has 2 aromatic heterocycles. The molecule has 4 heterocycles. The molecule has 13 heteroatoms. The second-order valence-electron chi connectivity index (χ2n) is 10.1. The molecule has 0 aliphatic carbocycles. The molecule has 0 radical (unpaired) electrons. The minimum absolute atomic E-state index is 0.0111. The summed E-state index contributed by atoms with van der Waals surface area (Å²) in [6.45, 7) is 2.96. The third-order valence-corrected chi connectivity index (χ3v) is 7.57. The number of ether oxygens (including phenoxy) is 1. The number of hydrogen-bond donors (Lipinski definition) is 1. The van der Waals surface area contributed by atoms with E-state index in [1.165, 1.54) is 15.5 Å².